The minimum Gasteiger partial charge on any atom is -0.494 e. The molecule has 0 bridgehead atoms. The normalized spacial score (nSPS) is 10.4. The third-order valence-electron chi connectivity index (χ3n) is 2.19. The highest BCUT2D eigenvalue weighted by molar-refractivity contribution is 5.93. The zero-order chi connectivity index (χ0) is 14.1. The predicted octanol–water partition coefficient (Wildman–Crippen LogP) is 1.69. The topological polar surface area (TPSA) is 75.6 Å². The van der Waals surface area contributed by atoms with Crippen LogP contribution < -0.4 is 10.1 Å². The molecule has 102 valence electrons. The maximum absolute atomic E-state index is 11.2. The summed E-state index contributed by atoms with van der Waals surface area (Å²) in [5.74, 6) is -0.720. The van der Waals surface area contributed by atoms with Crippen molar-refractivity contribution >= 4 is 18.0 Å². The molecule has 0 saturated heterocycles. The van der Waals surface area contributed by atoms with Crippen molar-refractivity contribution in [3.05, 3.63) is 35.9 Å². The van der Waals surface area contributed by atoms with E-state index in [1.54, 1.807) is 6.08 Å². The van der Waals surface area contributed by atoms with Gasteiger partial charge in [0, 0.05) is 6.08 Å². The van der Waals surface area contributed by atoms with Crippen molar-refractivity contribution in [2.45, 2.75) is 13.3 Å². The van der Waals surface area contributed by atoms with E-state index in [0.29, 0.717) is 6.61 Å². The molecule has 1 aromatic carbocycles. The molecular weight excluding hydrogens is 246 g/mol. The van der Waals surface area contributed by atoms with Crippen LogP contribution in [0, 0.1) is 0 Å². The molecule has 1 aromatic rings. The minimum absolute atomic E-state index is 0.382. The SMILES string of the molecule is CCCOc1ccc(C=CC(=O)NCC(=O)O)cc1. The van der Waals surface area contributed by atoms with Crippen LogP contribution in [0.3, 0.4) is 0 Å². The summed E-state index contributed by atoms with van der Waals surface area (Å²) in [4.78, 5) is 21.5. The van der Waals surface area contributed by atoms with Crippen LogP contribution in [0.1, 0.15) is 18.9 Å². The lowest BCUT2D eigenvalue weighted by molar-refractivity contribution is -0.137. The first-order valence-electron chi connectivity index (χ1n) is 6.02. The molecule has 1 rings (SSSR count). The molecule has 0 aliphatic carbocycles. The first-order chi connectivity index (χ1) is 9.11. The summed E-state index contributed by atoms with van der Waals surface area (Å²) in [6.45, 7) is 2.33. The van der Waals surface area contributed by atoms with E-state index in [0.717, 1.165) is 17.7 Å². The average molecular weight is 263 g/mol. The average Bonchev–Trinajstić information content (AvgIpc) is 2.41. The summed E-state index contributed by atoms with van der Waals surface area (Å²) in [7, 11) is 0. The number of rotatable bonds is 7. The molecule has 0 unspecified atom stereocenters. The summed E-state index contributed by atoms with van der Waals surface area (Å²) in [5, 5.41) is 10.6. The number of benzene rings is 1. The Balaban J connectivity index is 2.47. The van der Waals surface area contributed by atoms with Crippen LogP contribution in [0.5, 0.6) is 5.75 Å². The number of carbonyl (C=O) groups excluding carboxylic acids is 1. The third kappa shape index (κ3) is 6.26. The molecule has 5 nitrogen and oxygen atoms in total. The van der Waals surface area contributed by atoms with E-state index < -0.39 is 11.9 Å². The Morgan fingerprint density at radius 2 is 2.00 bits per heavy atom. The summed E-state index contributed by atoms with van der Waals surface area (Å²) < 4.78 is 5.43. The van der Waals surface area contributed by atoms with Gasteiger partial charge in [0.1, 0.15) is 12.3 Å². The predicted molar refractivity (Wildman–Crippen MR) is 71.9 cm³/mol. The summed E-state index contributed by atoms with van der Waals surface area (Å²) in [6.07, 6.45) is 3.86. The van der Waals surface area contributed by atoms with Gasteiger partial charge >= 0.3 is 5.97 Å². The fourth-order valence-corrected chi connectivity index (χ4v) is 1.29. The molecule has 0 atom stereocenters. The van der Waals surface area contributed by atoms with Crippen LogP contribution in [0.4, 0.5) is 0 Å². The molecule has 0 radical (unpaired) electrons. The van der Waals surface area contributed by atoms with Crippen LogP contribution in [0.25, 0.3) is 6.08 Å². The Labute approximate surface area is 111 Å². The first kappa shape index (κ1) is 14.8. The van der Waals surface area contributed by atoms with Crippen molar-refractivity contribution in [2.24, 2.45) is 0 Å². The van der Waals surface area contributed by atoms with Crippen molar-refractivity contribution in [3.8, 4) is 5.75 Å². The van der Waals surface area contributed by atoms with Gasteiger partial charge in [0.25, 0.3) is 0 Å². The first-order valence-corrected chi connectivity index (χ1v) is 6.02. The second-order valence-electron chi connectivity index (χ2n) is 3.86. The lowest BCUT2D eigenvalue weighted by atomic mass is 10.2. The summed E-state index contributed by atoms with van der Waals surface area (Å²) >= 11 is 0. The number of nitrogens with one attached hydrogen (secondary N) is 1. The van der Waals surface area contributed by atoms with Gasteiger partial charge < -0.3 is 15.2 Å². The van der Waals surface area contributed by atoms with Crippen LogP contribution in [0.15, 0.2) is 30.3 Å². The van der Waals surface area contributed by atoms with E-state index in [9.17, 15) is 9.59 Å². The van der Waals surface area contributed by atoms with Gasteiger partial charge in [-0.05, 0) is 30.2 Å². The molecule has 0 aliphatic heterocycles. The maximum atomic E-state index is 11.2. The van der Waals surface area contributed by atoms with Gasteiger partial charge in [0.05, 0.1) is 6.61 Å². The molecule has 2 N–H and O–H groups in total. The number of ether oxygens (including phenoxy) is 1. The highest BCUT2D eigenvalue weighted by Crippen LogP contribution is 2.13. The minimum atomic E-state index is -1.07. The second-order valence-corrected chi connectivity index (χ2v) is 3.86. The molecule has 0 aromatic heterocycles. The van der Waals surface area contributed by atoms with E-state index in [-0.39, 0.29) is 6.54 Å². The van der Waals surface area contributed by atoms with Gasteiger partial charge in [0.2, 0.25) is 5.91 Å². The number of carboxylic acid groups (broad SMARTS) is 1. The van der Waals surface area contributed by atoms with Gasteiger partial charge in [-0.25, -0.2) is 0 Å². The van der Waals surface area contributed by atoms with Crippen molar-refractivity contribution < 1.29 is 19.4 Å². The zero-order valence-electron chi connectivity index (χ0n) is 10.8. The maximum Gasteiger partial charge on any atom is 0.322 e. The van der Waals surface area contributed by atoms with Crippen molar-refractivity contribution in [1.29, 1.82) is 0 Å². The smallest absolute Gasteiger partial charge is 0.322 e. The lowest BCUT2D eigenvalue weighted by Gasteiger charge is -2.04. The standard InChI is InChI=1S/C14H17NO4/c1-2-9-19-12-6-3-11(4-7-12)5-8-13(16)15-10-14(17)18/h3-8H,2,9-10H2,1H3,(H,15,16)(H,17,18). The fraction of sp³-hybridized carbons (Fsp3) is 0.286. The molecule has 0 heterocycles. The van der Waals surface area contributed by atoms with Crippen LogP contribution in [-0.2, 0) is 9.59 Å². The molecule has 0 aliphatic rings. The van der Waals surface area contributed by atoms with E-state index in [1.807, 2.05) is 31.2 Å². The van der Waals surface area contributed by atoms with Crippen LogP contribution in [-0.4, -0.2) is 30.1 Å². The Morgan fingerprint density at radius 3 is 2.58 bits per heavy atom. The number of aliphatic carboxylic acids is 1. The largest absolute Gasteiger partial charge is 0.494 e. The zero-order valence-corrected chi connectivity index (χ0v) is 10.8. The van der Waals surface area contributed by atoms with Crippen molar-refractivity contribution in [3.63, 3.8) is 0 Å². The molecule has 19 heavy (non-hydrogen) atoms. The van der Waals surface area contributed by atoms with E-state index in [1.165, 1.54) is 6.08 Å². The number of hydrogen-bond donors (Lipinski definition) is 2. The third-order valence-corrected chi connectivity index (χ3v) is 2.19. The summed E-state index contributed by atoms with van der Waals surface area (Å²) in [6, 6.07) is 7.30. The Hall–Kier alpha value is -2.30. The van der Waals surface area contributed by atoms with Gasteiger partial charge in [-0.2, -0.15) is 0 Å². The molecule has 1 amide bonds. The fourth-order valence-electron chi connectivity index (χ4n) is 1.29. The number of carbonyl (C=O) groups is 2. The molecule has 5 heteroatoms. The Morgan fingerprint density at radius 1 is 1.32 bits per heavy atom. The van der Waals surface area contributed by atoms with E-state index in [2.05, 4.69) is 5.32 Å². The molecule has 0 saturated carbocycles. The quantitative estimate of drug-likeness (QED) is 0.734. The van der Waals surface area contributed by atoms with E-state index >= 15 is 0 Å². The number of hydrogen-bond acceptors (Lipinski definition) is 3. The Kier molecular flexibility index (Phi) is 6.15. The monoisotopic (exact) mass is 263 g/mol. The summed E-state index contributed by atoms with van der Waals surface area (Å²) in [5.41, 5.74) is 0.842. The number of amides is 1. The lowest BCUT2D eigenvalue weighted by Crippen LogP contribution is -2.27. The highest BCUT2D eigenvalue weighted by atomic mass is 16.5. The van der Waals surface area contributed by atoms with Gasteiger partial charge in [0.15, 0.2) is 0 Å². The van der Waals surface area contributed by atoms with Crippen LogP contribution in [0.2, 0.25) is 0 Å². The van der Waals surface area contributed by atoms with Crippen molar-refractivity contribution in [1.82, 2.24) is 5.32 Å². The highest BCUT2D eigenvalue weighted by Gasteiger charge is 1.99. The molecule has 0 spiro atoms. The van der Waals surface area contributed by atoms with Crippen molar-refractivity contribution in [2.75, 3.05) is 13.2 Å². The van der Waals surface area contributed by atoms with Gasteiger partial charge in [-0.1, -0.05) is 19.1 Å². The second kappa shape index (κ2) is 7.92. The molecule has 0 fully saturated rings. The van der Waals surface area contributed by atoms with E-state index in [4.69, 9.17) is 9.84 Å². The van der Waals surface area contributed by atoms with Crippen LogP contribution >= 0.6 is 0 Å². The van der Waals surface area contributed by atoms with Gasteiger partial charge in [-0.15, -0.1) is 0 Å². The number of carboxylic acids is 1. The van der Waals surface area contributed by atoms with Gasteiger partial charge in [-0.3, -0.25) is 9.59 Å². The molecular formula is C14H17NO4. The Bertz CT molecular complexity index is 451.